The molecule has 1 amide bonds. The van der Waals surface area contributed by atoms with Gasteiger partial charge in [-0.05, 0) is 30.7 Å². The number of amides is 1. The maximum atomic E-state index is 12.3. The molecule has 6 nitrogen and oxygen atoms in total. The van der Waals surface area contributed by atoms with Gasteiger partial charge in [0.25, 0.3) is 5.91 Å². The second kappa shape index (κ2) is 8.53. The Kier molecular flexibility index (Phi) is 7.03. The zero-order valence-corrected chi connectivity index (χ0v) is 14.3. The number of hydrogen-bond acceptors (Lipinski definition) is 3. The number of rotatable bonds is 9. The Labute approximate surface area is 137 Å². The molecule has 2 N–H and O–H groups in total. The van der Waals surface area contributed by atoms with E-state index in [0.29, 0.717) is 23.2 Å². The molecule has 0 radical (unpaired) electrons. The largest absolute Gasteiger partial charge is 0.494 e. The second-order valence-electron chi connectivity index (χ2n) is 6.61. The van der Waals surface area contributed by atoms with E-state index in [0.717, 1.165) is 12.2 Å². The number of carboxylic acids is 1. The number of quaternary nitrogens is 1. The summed E-state index contributed by atoms with van der Waals surface area (Å²) in [5.74, 6) is -0.476. The van der Waals surface area contributed by atoms with Crippen molar-refractivity contribution in [3.05, 3.63) is 29.8 Å². The molecule has 1 rings (SSSR count). The van der Waals surface area contributed by atoms with Gasteiger partial charge >= 0.3 is 5.97 Å². The van der Waals surface area contributed by atoms with Crippen LogP contribution in [-0.4, -0.2) is 61.8 Å². The Morgan fingerprint density at radius 3 is 2.30 bits per heavy atom. The molecule has 0 aliphatic rings. The molecule has 128 valence electrons. The average Bonchev–Trinajstić information content (AvgIpc) is 2.43. The quantitative estimate of drug-likeness (QED) is 0.679. The van der Waals surface area contributed by atoms with Gasteiger partial charge in [-0.15, -0.1) is 0 Å². The van der Waals surface area contributed by atoms with Crippen LogP contribution in [0.4, 0.5) is 0 Å². The summed E-state index contributed by atoms with van der Waals surface area (Å²) in [6.07, 6.45) is 0.823. The Bertz CT molecular complexity index is 520. The lowest BCUT2D eigenvalue weighted by Crippen LogP contribution is -2.49. The van der Waals surface area contributed by atoms with Gasteiger partial charge in [0, 0.05) is 5.56 Å². The molecule has 0 saturated heterocycles. The lowest BCUT2D eigenvalue weighted by atomic mass is 10.1. The number of ether oxygens (including phenoxy) is 1. The topological polar surface area (TPSA) is 75.6 Å². The molecule has 1 aromatic carbocycles. The predicted octanol–water partition coefficient (Wildman–Crippen LogP) is 1.75. The number of carbonyl (C=O) groups is 2. The minimum absolute atomic E-state index is 0.0983. The average molecular weight is 323 g/mol. The van der Waals surface area contributed by atoms with Crippen LogP contribution in [0.25, 0.3) is 0 Å². The highest BCUT2D eigenvalue weighted by molar-refractivity contribution is 5.94. The summed E-state index contributed by atoms with van der Waals surface area (Å²) < 4.78 is 6.05. The lowest BCUT2D eigenvalue weighted by Gasteiger charge is -2.29. The molecule has 0 aromatic heterocycles. The molecule has 23 heavy (non-hydrogen) atoms. The maximum Gasteiger partial charge on any atom is 0.305 e. The van der Waals surface area contributed by atoms with Crippen LogP contribution in [0.15, 0.2) is 24.3 Å². The molecular formula is C17H27N2O4+. The number of nitrogens with zero attached hydrogens (tertiary/aromatic N) is 1. The van der Waals surface area contributed by atoms with Crippen molar-refractivity contribution in [1.29, 1.82) is 0 Å². The monoisotopic (exact) mass is 323 g/mol. The van der Waals surface area contributed by atoms with Gasteiger partial charge in [-0.3, -0.25) is 9.59 Å². The first-order valence-corrected chi connectivity index (χ1v) is 7.77. The number of carbonyl (C=O) groups excluding carboxylic acids is 1. The number of hydrogen-bond donors (Lipinski definition) is 2. The highest BCUT2D eigenvalue weighted by Gasteiger charge is 2.23. The van der Waals surface area contributed by atoms with Crippen molar-refractivity contribution in [1.82, 2.24) is 5.32 Å². The van der Waals surface area contributed by atoms with Crippen molar-refractivity contribution in [3.63, 3.8) is 0 Å². The van der Waals surface area contributed by atoms with Crippen LogP contribution in [0.1, 0.15) is 30.1 Å². The first-order valence-electron chi connectivity index (χ1n) is 7.77. The highest BCUT2D eigenvalue weighted by atomic mass is 16.5. The van der Waals surface area contributed by atoms with E-state index >= 15 is 0 Å². The summed E-state index contributed by atoms with van der Waals surface area (Å²) >= 11 is 0. The van der Waals surface area contributed by atoms with Crippen LogP contribution in [0.2, 0.25) is 0 Å². The summed E-state index contributed by atoms with van der Waals surface area (Å²) in [6.45, 7) is 3.20. The molecule has 0 unspecified atom stereocenters. The second-order valence-corrected chi connectivity index (χ2v) is 6.61. The molecule has 0 aliphatic carbocycles. The molecule has 0 fully saturated rings. The van der Waals surface area contributed by atoms with Crippen molar-refractivity contribution in [3.8, 4) is 5.75 Å². The van der Waals surface area contributed by atoms with Crippen molar-refractivity contribution in [2.45, 2.75) is 25.8 Å². The van der Waals surface area contributed by atoms with Gasteiger partial charge in [0.05, 0.1) is 46.8 Å². The number of likely N-dealkylation sites (N-methyl/N-ethyl adjacent to an activating group) is 1. The van der Waals surface area contributed by atoms with Crippen LogP contribution >= 0.6 is 0 Å². The smallest absolute Gasteiger partial charge is 0.305 e. The summed E-state index contributed by atoms with van der Waals surface area (Å²) in [5, 5.41) is 11.8. The Balaban J connectivity index is 2.71. The molecule has 0 spiro atoms. The summed E-state index contributed by atoms with van der Waals surface area (Å²) in [4.78, 5) is 23.3. The van der Waals surface area contributed by atoms with Gasteiger partial charge in [0.2, 0.25) is 0 Å². The van der Waals surface area contributed by atoms with Crippen LogP contribution in [0.5, 0.6) is 5.75 Å². The molecule has 0 bridgehead atoms. The highest BCUT2D eigenvalue weighted by Crippen LogP contribution is 2.13. The third-order valence-electron chi connectivity index (χ3n) is 3.11. The van der Waals surface area contributed by atoms with Crippen LogP contribution in [0, 0.1) is 0 Å². The first-order chi connectivity index (χ1) is 10.7. The SMILES string of the molecule is CCCOc1ccc(C(=O)N[C@H](CC(=O)O)C[N+](C)(C)C)cc1. The van der Waals surface area contributed by atoms with E-state index in [-0.39, 0.29) is 12.3 Å². The minimum atomic E-state index is -0.924. The van der Waals surface area contributed by atoms with Crippen molar-refractivity contribution >= 4 is 11.9 Å². The van der Waals surface area contributed by atoms with Crippen LogP contribution < -0.4 is 10.1 Å². The van der Waals surface area contributed by atoms with Crippen LogP contribution in [-0.2, 0) is 4.79 Å². The van der Waals surface area contributed by atoms with E-state index in [1.807, 2.05) is 28.1 Å². The predicted molar refractivity (Wildman–Crippen MR) is 88.6 cm³/mol. The van der Waals surface area contributed by atoms with E-state index in [4.69, 9.17) is 9.84 Å². The molecule has 0 aliphatic heterocycles. The maximum absolute atomic E-state index is 12.3. The fraction of sp³-hybridized carbons (Fsp3) is 0.529. The van der Waals surface area contributed by atoms with Gasteiger partial charge in [0.1, 0.15) is 5.75 Å². The molecule has 6 heteroatoms. The van der Waals surface area contributed by atoms with Crippen molar-refractivity contribution < 1.29 is 23.9 Å². The minimum Gasteiger partial charge on any atom is -0.494 e. The summed E-state index contributed by atoms with van der Waals surface area (Å²) in [5.41, 5.74) is 0.491. The van der Waals surface area contributed by atoms with Gasteiger partial charge in [-0.25, -0.2) is 0 Å². The standard InChI is InChI=1S/C17H26N2O4/c1-5-10-23-15-8-6-13(7-9-15)17(22)18-14(11-16(20)21)12-19(2,3)4/h6-9,14H,5,10-12H2,1-4H3,(H-,18,20,21,22)/p+1/t14-/m1/s1. The van der Waals surface area contributed by atoms with E-state index in [1.54, 1.807) is 24.3 Å². The van der Waals surface area contributed by atoms with E-state index in [1.165, 1.54) is 0 Å². The fourth-order valence-corrected chi connectivity index (χ4v) is 2.22. The first kappa shape index (κ1) is 19.0. The Morgan fingerprint density at radius 1 is 1.22 bits per heavy atom. The number of carboxylic acid groups (broad SMARTS) is 1. The normalized spacial score (nSPS) is 12.5. The summed E-state index contributed by atoms with van der Waals surface area (Å²) in [6, 6.07) is 6.44. The van der Waals surface area contributed by atoms with Crippen molar-refractivity contribution in [2.75, 3.05) is 34.3 Å². The van der Waals surface area contributed by atoms with Gasteiger partial charge in [0.15, 0.2) is 0 Å². The van der Waals surface area contributed by atoms with E-state index < -0.39 is 12.0 Å². The third-order valence-corrected chi connectivity index (χ3v) is 3.11. The van der Waals surface area contributed by atoms with Gasteiger partial charge in [-0.1, -0.05) is 6.92 Å². The molecule has 1 atom stereocenters. The Hall–Kier alpha value is -2.08. The zero-order valence-electron chi connectivity index (χ0n) is 14.3. The zero-order chi connectivity index (χ0) is 17.5. The van der Waals surface area contributed by atoms with Crippen LogP contribution in [0.3, 0.4) is 0 Å². The number of benzene rings is 1. The molecule has 1 aromatic rings. The fourth-order valence-electron chi connectivity index (χ4n) is 2.22. The number of aliphatic carboxylic acids is 1. The number of nitrogens with one attached hydrogen (secondary N) is 1. The lowest BCUT2D eigenvalue weighted by molar-refractivity contribution is -0.871. The molecule has 0 heterocycles. The van der Waals surface area contributed by atoms with Gasteiger partial charge < -0.3 is 19.6 Å². The van der Waals surface area contributed by atoms with Gasteiger partial charge in [-0.2, -0.15) is 0 Å². The molecule has 0 saturated carbocycles. The van der Waals surface area contributed by atoms with Crippen molar-refractivity contribution in [2.24, 2.45) is 0 Å². The Morgan fingerprint density at radius 2 is 1.83 bits per heavy atom. The third kappa shape index (κ3) is 7.65. The van der Waals surface area contributed by atoms with E-state index in [9.17, 15) is 9.59 Å². The molecular weight excluding hydrogens is 296 g/mol. The summed E-state index contributed by atoms with van der Waals surface area (Å²) in [7, 11) is 5.88. The van der Waals surface area contributed by atoms with E-state index in [2.05, 4.69) is 5.32 Å².